The summed E-state index contributed by atoms with van der Waals surface area (Å²) in [7, 11) is 0. The van der Waals surface area contributed by atoms with Crippen molar-refractivity contribution in [3.63, 3.8) is 0 Å². The normalized spacial score (nSPS) is 14.9. The SMILES string of the molecule is CC(C(O)c1ccnnc1)[N+](=O)[O-]. The molecule has 6 nitrogen and oxygen atoms in total. The van der Waals surface area contributed by atoms with E-state index in [-0.39, 0.29) is 0 Å². The minimum atomic E-state index is -1.13. The molecule has 0 aliphatic rings. The molecule has 1 N–H and O–H groups in total. The highest BCUT2D eigenvalue weighted by Crippen LogP contribution is 2.16. The summed E-state index contributed by atoms with van der Waals surface area (Å²) in [6.07, 6.45) is 1.56. The number of nitro groups is 1. The molecule has 0 amide bonds. The molecule has 13 heavy (non-hydrogen) atoms. The second-order valence-electron chi connectivity index (χ2n) is 2.65. The topological polar surface area (TPSA) is 89.2 Å². The molecule has 1 heterocycles. The summed E-state index contributed by atoms with van der Waals surface area (Å²) < 4.78 is 0. The third-order valence-corrected chi connectivity index (χ3v) is 1.74. The largest absolute Gasteiger partial charge is 0.381 e. The molecule has 0 radical (unpaired) electrons. The minimum absolute atomic E-state index is 0.402. The van der Waals surface area contributed by atoms with Crippen LogP contribution in [0.25, 0.3) is 0 Å². The van der Waals surface area contributed by atoms with Gasteiger partial charge in [-0.25, -0.2) is 0 Å². The number of hydrogen-bond acceptors (Lipinski definition) is 5. The Morgan fingerprint density at radius 1 is 1.62 bits per heavy atom. The molecule has 0 bridgehead atoms. The zero-order chi connectivity index (χ0) is 9.84. The van der Waals surface area contributed by atoms with Crippen molar-refractivity contribution in [2.45, 2.75) is 19.1 Å². The second kappa shape index (κ2) is 3.90. The van der Waals surface area contributed by atoms with Gasteiger partial charge >= 0.3 is 0 Å². The number of aliphatic hydroxyl groups is 1. The smallest absolute Gasteiger partial charge is 0.240 e. The quantitative estimate of drug-likeness (QED) is 0.533. The summed E-state index contributed by atoms with van der Waals surface area (Å²) in [4.78, 5) is 9.79. The Hall–Kier alpha value is -1.56. The Kier molecular flexibility index (Phi) is 2.86. The monoisotopic (exact) mass is 183 g/mol. The van der Waals surface area contributed by atoms with E-state index in [4.69, 9.17) is 0 Å². The zero-order valence-electron chi connectivity index (χ0n) is 6.99. The minimum Gasteiger partial charge on any atom is -0.381 e. The van der Waals surface area contributed by atoms with Crippen molar-refractivity contribution >= 4 is 0 Å². The van der Waals surface area contributed by atoms with E-state index in [9.17, 15) is 15.2 Å². The van der Waals surface area contributed by atoms with Gasteiger partial charge in [-0.1, -0.05) is 0 Å². The van der Waals surface area contributed by atoms with Gasteiger partial charge in [0.05, 0.1) is 6.20 Å². The van der Waals surface area contributed by atoms with Gasteiger partial charge in [-0.15, -0.1) is 0 Å². The lowest BCUT2D eigenvalue weighted by atomic mass is 10.1. The first kappa shape index (κ1) is 9.53. The predicted octanol–water partition coefficient (Wildman–Crippen LogP) is 0.175. The van der Waals surface area contributed by atoms with Crippen LogP contribution >= 0.6 is 0 Å². The number of aliphatic hydroxyl groups excluding tert-OH is 1. The molecule has 0 fully saturated rings. The molecule has 1 aromatic heterocycles. The summed E-state index contributed by atoms with van der Waals surface area (Å²) in [5.41, 5.74) is 0.402. The Balaban J connectivity index is 2.79. The van der Waals surface area contributed by atoms with Crippen molar-refractivity contribution in [3.8, 4) is 0 Å². The Morgan fingerprint density at radius 3 is 2.77 bits per heavy atom. The number of aromatic nitrogens is 2. The lowest BCUT2D eigenvalue weighted by Crippen LogP contribution is -2.24. The maximum atomic E-state index is 10.3. The fourth-order valence-corrected chi connectivity index (χ4v) is 0.870. The van der Waals surface area contributed by atoms with Crippen LogP contribution in [0.15, 0.2) is 18.5 Å². The molecule has 1 aromatic rings. The van der Waals surface area contributed by atoms with Crippen LogP contribution in [0.1, 0.15) is 18.6 Å². The molecular weight excluding hydrogens is 174 g/mol. The molecule has 2 atom stereocenters. The van der Waals surface area contributed by atoms with Crippen molar-refractivity contribution in [1.29, 1.82) is 0 Å². The molecule has 2 unspecified atom stereocenters. The lowest BCUT2D eigenvalue weighted by Gasteiger charge is -2.10. The number of rotatable bonds is 3. The predicted molar refractivity (Wildman–Crippen MR) is 43.4 cm³/mol. The van der Waals surface area contributed by atoms with Crippen molar-refractivity contribution in [2.24, 2.45) is 0 Å². The van der Waals surface area contributed by atoms with E-state index >= 15 is 0 Å². The summed E-state index contributed by atoms with van der Waals surface area (Å²) >= 11 is 0. The molecule has 0 saturated heterocycles. The van der Waals surface area contributed by atoms with Gasteiger partial charge in [0.1, 0.15) is 6.10 Å². The third kappa shape index (κ3) is 2.19. The third-order valence-electron chi connectivity index (χ3n) is 1.74. The van der Waals surface area contributed by atoms with Crippen LogP contribution in [0.4, 0.5) is 0 Å². The van der Waals surface area contributed by atoms with Crippen molar-refractivity contribution in [3.05, 3.63) is 34.1 Å². The summed E-state index contributed by atoms with van der Waals surface area (Å²) in [6, 6.07) is 0.460. The van der Waals surface area contributed by atoms with E-state index in [0.717, 1.165) is 0 Å². The Bertz CT molecular complexity index is 290. The van der Waals surface area contributed by atoms with Gasteiger partial charge in [0.25, 0.3) is 0 Å². The van der Waals surface area contributed by atoms with Crippen LogP contribution in [0.5, 0.6) is 0 Å². The van der Waals surface area contributed by atoms with E-state index in [0.29, 0.717) is 5.56 Å². The average molecular weight is 183 g/mol. The van der Waals surface area contributed by atoms with E-state index < -0.39 is 17.1 Å². The van der Waals surface area contributed by atoms with Crippen molar-refractivity contribution < 1.29 is 10.0 Å². The van der Waals surface area contributed by atoms with Crippen LogP contribution in [0, 0.1) is 10.1 Å². The van der Waals surface area contributed by atoms with E-state index in [1.165, 1.54) is 25.4 Å². The fourth-order valence-electron chi connectivity index (χ4n) is 0.870. The first-order valence-electron chi connectivity index (χ1n) is 3.71. The van der Waals surface area contributed by atoms with Crippen LogP contribution < -0.4 is 0 Å². The molecule has 1 rings (SSSR count). The zero-order valence-corrected chi connectivity index (χ0v) is 6.99. The summed E-state index contributed by atoms with van der Waals surface area (Å²) in [5.74, 6) is 0. The highest BCUT2D eigenvalue weighted by molar-refractivity contribution is 5.10. The van der Waals surface area contributed by atoms with Gasteiger partial charge < -0.3 is 5.11 Å². The molecular formula is C7H9N3O3. The Morgan fingerprint density at radius 2 is 2.31 bits per heavy atom. The van der Waals surface area contributed by atoms with E-state index in [1.54, 1.807) is 0 Å². The van der Waals surface area contributed by atoms with Gasteiger partial charge in [-0.2, -0.15) is 10.2 Å². The van der Waals surface area contributed by atoms with E-state index in [2.05, 4.69) is 10.2 Å². The van der Waals surface area contributed by atoms with Crippen LogP contribution in [-0.4, -0.2) is 26.3 Å². The second-order valence-corrected chi connectivity index (χ2v) is 2.65. The van der Waals surface area contributed by atoms with Crippen LogP contribution in [-0.2, 0) is 0 Å². The molecule has 0 aliphatic heterocycles. The molecule has 0 aromatic carbocycles. The van der Waals surface area contributed by atoms with Crippen molar-refractivity contribution in [2.75, 3.05) is 0 Å². The van der Waals surface area contributed by atoms with E-state index in [1.807, 2.05) is 0 Å². The van der Waals surface area contributed by atoms with Gasteiger partial charge in [0.15, 0.2) is 0 Å². The first-order valence-corrected chi connectivity index (χ1v) is 3.71. The Labute approximate surface area is 74.4 Å². The lowest BCUT2D eigenvalue weighted by molar-refractivity contribution is -0.531. The van der Waals surface area contributed by atoms with Crippen LogP contribution in [0.2, 0.25) is 0 Å². The average Bonchev–Trinajstić information content (AvgIpc) is 2.17. The maximum Gasteiger partial charge on any atom is 0.240 e. The standard InChI is InChI=1S/C7H9N3O3/c1-5(10(12)13)7(11)6-2-3-8-9-4-6/h2-5,7,11H,1H3. The summed E-state index contributed by atoms with van der Waals surface area (Å²) in [6.45, 7) is 1.34. The number of hydrogen-bond donors (Lipinski definition) is 1. The maximum absolute atomic E-state index is 10.3. The summed E-state index contributed by atoms with van der Waals surface area (Å²) in [5, 5.41) is 26.8. The first-order chi connectivity index (χ1) is 6.13. The molecule has 70 valence electrons. The number of nitrogens with zero attached hydrogens (tertiary/aromatic N) is 3. The molecule has 6 heteroatoms. The highest BCUT2D eigenvalue weighted by atomic mass is 16.6. The van der Waals surface area contributed by atoms with Gasteiger partial charge in [0, 0.05) is 23.6 Å². The highest BCUT2D eigenvalue weighted by Gasteiger charge is 2.25. The molecule has 0 aliphatic carbocycles. The van der Waals surface area contributed by atoms with Gasteiger partial charge in [-0.3, -0.25) is 10.1 Å². The fraction of sp³-hybridized carbons (Fsp3) is 0.429. The van der Waals surface area contributed by atoms with Gasteiger partial charge in [0.2, 0.25) is 6.04 Å². The molecule has 0 saturated carbocycles. The van der Waals surface area contributed by atoms with Crippen molar-refractivity contribution in [1.82, 2.24) is 10.2 Å². The van der Waals surface area contributed by atoms with Gasteiger partial charge in [-0.05, 0) is 6.07 Å². The molecule has 0 spiro atoms. The van der Waals surface area contributed by atoms with Crippen LogP contribution in [0.3, 0.4) is 0 Å².